The van der Waals surface area contributed by atoms with Crippen molar-refractivity contribution in [2.45, 2.75) is 38.5 Å². The number of nitrogens with two attached hydrogens (primary N) is 1. The second kappa shape index (κ2) is 5.97. The number of amides is 1. The topological polar surface area (TPSA) is 55.1 Å². The smallest absolute Gasteiger partial charge is 0.223 e. The van der Waals surface area contributed by atoms with Gasteiger partial charge < -0.3 is 11.1 Å². The van der Waals surface area contributed by atoms with Crippen molar-refractivity contribution >= 4 is 5.91 Å². The summed E-state index contributed by atoms with van der Waals surface area (Å²) in [5.74, 6) is 0.562. The molecule has 3 N–H and O–H groups in total. The molecular weight excluding hydrogens is 164 g/mol. The summed E-state index contributed by atoms with van der Waals surface area (Å²) in [6.45, 7) is 1.52. The number of rotatable bonds is 5. The molecule has 0 heterocycles. The minimum Gasteiger partial charge on any atom is -0.356 e. The largest absolute Gasteiger partial charge is 0.356 e. The van der Waals surface area contributed by atoms with E-state index in [0.29, 0.717) is 5.92 Å². The molecule has 0 aromatic heterocycles. The fourth-order valence-corrected chi connectivity index (χ4v) is 1.81. The lowest BCUT2D eigenvalue weighted by molar-refractivity contribution is -0.124. The molecule has 0 aliphatic heterocycles. The van der Waals surface area contributed by atoms with E-state index in [4.69, 9.17) is 5.73 Å². The molecule has 1 rings (SSSR count). The Morgan fingerprint density at radius 1 is 1.31 bits per heavy atom. The molecule has 13 heavy (non-hydrogen) atoms. The van der Waals surface area contributed by atoms with Crippen LogP contribution in [0.15, 0.2) is 0 Å². The summed E-state index contributed by atoms with van der Waals surface area (Å²) in [5.41, 5.74) is 5.35. The molecule has 1 fully saturated rings. The second-order valence-corrected chi connectivity index (χ2v) is 3.77. The van der Waals surface area contributed by atoms with Crippen molar-refractivity contribution in [1.29, 1.82) is 0 Å². The molecule has 0 spiro atoms. The normalized spacial score (nSPS) is 17.6. The summed E-state index contributed by atoms with van der Waals surface area (Å²) < 4.78 is 0. The van der Waals surface area contributed by atoms with Gasteiger partial charge in [0.15, 0.2) is 0 Å². The lowest BCUT2D eigenvalue weighted by Gasteiger charge is -2.09. The molecule has 3 nitrogen and oxygen atoms in total. The van der Waals surface area contributed by atoms with Crippen LogP contribution in [0.1, 0.15) is 38.5 Å². The van der Waals surface area contributed by atoms with Crippen LogP contribution in [0.4, 0.5) is 0 Å². The Hall–Kier alpha value is -0.570. The molecule has 76 valence electrons. The number of carbonyl (C=O) groups is 1. The molecule has 0 bridgehead atoms. The first-order valence-electron chi connectivity index (χ1n) is 5.32. The van der Waals surface area contributed by atoms with Crippen LogP contribution in [-0.4, -0.2) is 19.0 Å². The van der Waals surface area contributed by atoms with E-state index in [1.54, 1.807) is 0 Å². The Morgan fingerprint density at radius 3 is 2.62 bits per heavy atom. The first-order chi connectivity index (χ1) is 6.34. The van der Waals surface area contributed by atoms with Crippen molar-refractivity contribution in [2.75, 3.05) is 13.1 Å². The van der Waals surface area contributed by atoms with Gasteiger partial charge >= 0.3 is 0 Å². The van der Waals surface area contributed by atoms with E-state index in [-0.39, 0.29) is 5.91 Å². The lowest BCUT2D eigenvalue weighted by Crippen LogP contribution is -2.30. The molecule has 3 heteroatoms. The number of carbonyl (C=O) groups excluding carboxylic acids is 1. The highest BCUT2D eigenvalue weighted by atomic mass is 16.1. The standard InChI is InChI=1S/C10H20N2O/c11-7-3-4-8-12-10(13)9-5-1-2-6-9/h9H,1-8,11H2,(H,12,13). The molecule has 1 aliphatic carbocycles. The van der Waals surface area contributed by atoms with Crippen LogP contribution in [0.25, 0.3) is 0 Å². The van der Waals surface area contributed by atoms with Gasteiger partial charge in [-0.15, -0.1) is 0 Å². The maximum absolute atomic E-state index is 11.5. The Kier molecular flexibility index (Phi) is 4.83. The quantitative estimate of drug-likeness (QED) is 0.627. The number of nitrogens with one attached hydrogen (secondary N) is 1. The zero-order chi connectivity index (χ0) is 9.52. The van der Waals surface area contributed by atoms with Crippen LogP contribution < -0.4 is 11.1 Å². The molecular formula is C10H20N2O. The Labute approximate surface area is 80.1 Å². The van der Waals surface area contributed by atoms with E-state index in [9.17, 15) is 4.79 Å². The number of unbranched alkanes of at least 4 members (excludes halogenated alkanes) is 1. The van der Waals surface area contributed by atoms with Gasteiger partial charge in [-0.05, 0) is 32.2 Å². The molecule has 0 aromatic carbocycles. The zero-order valence-electron chi connectivity index (χ0n) is 8.22. The van der Waals surface area contributed by atoms with Gasteiger partial charge in [-0.2, -0.15) is 0 Å². The van der Waals surface area contributed by atoms with Gasteiger partial charge in [0, 0.05) is 12.5 Å². The highest BCUT2D eigenvalue weighted by Gasteiger charge is 2.21. The maximum Gasteiger partial charge on any atom is 0.223 e. The summed E-state index contributed by atoms with van der Waals surface area (Å²) in [7, 11) is 0. The second-order valence-electron chi connectivity index (χ2n) is 3.77. The molecule has 1 saturated carbocycles. The van der Waals surface area contributed by atoms with Gasteiger partial charge in [-0.1, -0.05) is 12.8 Å². The monoisotopic (exact) mass is 184 g/mol. The minimum absolute atomic E-state index is 0.259. The van der Waals surface area contributed by atoms with Crippen LogP contribution in [0.5, 0.6) is 0 Å². The van der Waals surface area contributed by atoms with Crippen molar-refractivity contribution < 1.29 is 4.79 Å². The van der Waals surface area contributed by atoms with Crippen LogP contribution in [0.2, 0.25) is 0 Å². The summed E-state index contributed by atoms with van der Waals surface area (Å²) in [5, 5.41) is 2.96. The third-order valence-corrected chi connectivity index (χ3v) is 2.66. The van der Waals surface area contributed by atoms with Crippen LogP contribution in [0, 0.1) is 5.92 Å². The molecule has 0 saturated heterocycles. The van der Waals surface area contributed by atoms with Crippen LogP contribution in [-0.2, 0) is 4.79 Å². The van der Waals surface area contributed by atoms with E-state index in [0.717, 1.165) is 38.8 Å². The van der Waals surface area contributed by atoms with Crippen molar-refractivity contribution in [2.24, 2.45) is 11.7 Å². The van der Waals surface area contributed by atoms with E-state index in [1.165, 1.54) is 12.8 Å². The zero-order valence-corrected chi connectivity index (χ0v) is 8.22. The maximum atomic E-state index is 11.5. The SMILES string of the molecule is NCCCCNC(=O)C1CCCC1. The summed E-state index contributed by atoms with van der Waals surface area (Å²) in [6, 6.07) is 0. The van der Waals surface area contributed by atoms with Crippen molar-refractivity contribution in [3.63, 3.8) is 0 Å². The first kappa shape index (κ1) is 10.5. The highest BCUT2D eigenvalue weighted by molar-refractivity contribution is 5.78. The van der Waals surface area contributed by atoms with Gasteiger partial charge in [-0.3, -0.25) is 4.79 Å². The van der Waals surface area contributed by atoms with Gasteiger partial charge in [0.2, 0.25) is 5.91 Å². The molecule has 0 radical (unpaired) electrons. The summed E-state index contributed by atoms with van der Waals surface area (Å²) in [6.07, 6.45) is 6.63. The molecule has 0 aromatic rings. The average molecular weight is 184 g/mol. The number of hydrogen-bond donors (Lipinski definition) is 2. The molecule has 1 amide bonds. The Morgan fingerprint density at radius 2 is 2.00 bits per heavy atom. The van der Waals surface area contributed by atoms with Crippen molar-refractivity contribution in [3.8, 4) is 0 Å². The first-order valence-corrected chi connectivity index (χ1v) is 5.32. The van der Waals surface area contributed by atoms with Crippen LogP contribution in [0.3, 0.4) is 0 Å². The number of hydrogen-bond acceptors (Lipinski definition) is 2. The Bertz CT molecular complexity index is 153. The van der Waals surface area contributed by atoms with Gasteiger partial charge in [0.05, 0.1) is 0 Å². The van der Waals surface area contributed by atoms with E-state index in [2.05, 4.69) is 5.32 Å². The van der Waals surface area contributed by atoms with Gasteiger partial charge in [0.25, 0.3) is 0 Å². The summed E-state index contributed by atoms with van der Waals surface area (Å²) in [4.78, 5) is 11.5. The fraction of sp³-hybridized carbons (Fsp3) is 0.900. The molecule has 0 unspecified atom stereocenters. The van der Waals surface area contributed by atoms with Gasteiger partial charge in [0.1, 0.15) is 0 Å². The van der Waals surface area contributed by atoms with Gasteiger partial charge in [-0.25, -0.2) is 0 Å². The lowest BCUT2D eigenvalue weighted by atomic mass is 10.1. The van der Waals surface area contributed by atoms with Crippen molar-refractivity contribution in [3.05, 3.63) is 0 Å². The van der Waals surface area contributed by atoms with E-state index >= 15 is 0 Å². The average Bonchev–Trinajstić information content (AvgIpc) is 2.65. The van der Waals surface area contributed by atoms with Crippen LogP contribution >= 0.6 is 0 Å². The fourth-order valence-electron chi connectivity index (χ4n) is 1.81. The molecule has 0 atom stereocenters. The van der Waals surface area contributed by atoms with Crippen molar-refractivity contribution in [1.82, 2.24) is 5.32 Å². The minimum atomic E-state index is 0.259. The summed E-state index contributed by atoms with van der Waals surface area (Å²) >= 11 is 0. The highest BCUT2D eigenvalue weighted by Crippen LogP contribution is 2.24. The van der Waals surface area contributed by atoms with E-state index in [1.807, 2.05) is 0 Å². The third kappa shape index (κ3) is 3.77. The predicted octanol–water partition coefficient (Wildman–Crippen LogP) is 1.03. The third-order valence-electron chi connectivity index (χ3n) is 2.66. The predicted molar refractivity (Wildman–Crippen MR) is 53.3 cm³/mol. The molecule has 1 aliphatic rings. The van der Waals surface area contributed by atoms with E-state index < -0.39 is 0 Å². The Balaban J connectivity index is 2.03.